The molecule has 1 atom stereocenters. The Morgan fingerprint density at radius 2 is 2.31 bits per heavy atom. The molecule has 8 heteroatoms. The molecule has 0 fully saturated rings. The van der Waals surface area contributed by atoms with Gasteiger partial charge in [0, 0.05) is 24.7 Å². The van der Waals surface area contributed by atoms with Gasteiger partial charge in [-0.25, -0.2) is 4.98 Å². The zero-order valence-corrected chi connectivity index (χ0v) is 10.8. The molecule has 0 aliphatic rings. The molecule has 1 N–H and O–H groups in total. The fraction of sp³-hybridized carbons (Fsp3) is 0.500. The van der Waals surface area contributed by atoms with Crippen LogP contribution in [0.25, 0.3) is 0 Å². The smallest absolute Gasteiger partial charge is 0.223 e. The van der Waals surface area contributed by atoms with Crippen LogP contribution in [-0.2, 0) is 16.1 Å². The quantitative estimate of drug-likeness (QED) is 0.821. The van der Waals surface area contributed by atoms with Crippen LogP contribution >= 0.6 is 11.3 Å². The number of amides is 1. The number of aryl methyl sites for hydroxylation is 1. The number of nitrogens with zero attached hydrogens (tertiary/aromatic N) is 2. The van der Waals surface area contributed by atoms with Crippen LogP contribution in [-0.4, -0.2) is 26.2 Å². The molecule has 6 nitrogen and oxygen atoms in total. The first-order valence-corrected chi connectivity index (χ1v) is 6.42. The van der Waals surface area contributed by atoms with Crippen LogP contribution < -0.4 is 9.62 Å². The van der Waals surface area contributed by atoms with Crippen molar-refractivity contribution in [2.45, 2.75) is 20.8 Å². The second-order valence-corrected chi connectivity index (χ2v) is 4.86. The SMILES string of the molecule is CCN(c1sc(NC(C)=O)nc1C)S(=O)[O-]. The van der Waals surface area contributed by atoms with E-state index in [2.05, 4.69) is 10.3 Å². The third-order valence-corrected chi connectivity index (χ3v) is 3.76. The second kappa shape index (κ2) is 5.37. The summed E-state index contributed by atoms with van der Waals surface area (Å²) in [5.41, 5.74) is 0.583. The van der Waals surface area contributed by atoms with Gasteiger partial charge in [-0.1, -0.05) is 11.3 Å². The molecule has 0 aromatic carbocycles. The van der Waals surface area contributed by atoms with Crippen molar-refractivity contribution in [2.24, 2.45) is 0 Å². The Bertz CT molecular complexity index is 419. The van der Waals surface area contributed by atoms with E-state index in [1.807, 2.05) is 0 Å². The fourth-order valence-electron chi connectivity index (χ4n) is 1.14. The predicted molar refractivity (Wildman–Crippen MR) is 63.1 cm³/mol. The fourth-order valence-corrected chi connectivity index (χ4v) is 2.90. The summed E-state index contributed by atoms with van der Waals surface area (Å²) in [7, 11) is 0. The maximum Gasteiger partial charge on any atom is 0.223 e. The van der Waals surface area contributed by atoms with Gasteiger partial charge in [0.15, 0.2) is 5.13 Å². The minimum absolute atomic E-state index is 0.230. The number of carbonyl (C=O) groups is 1. The van der Waals surface area contributed by atoms with Gasteiger partial charge in [-0.2, -0.15) is 0 Å². The van der Waals surface area contributed by atoms with Gasteiger partial charge >= 0.3 is 0 Å². The highest BCUT2D eigenvalue weighted by atomic mass is 32.2. The zero-order chi connectivity index (χ0) is 12.3. The number of hydrogen-bond donors (Lipinski definition) is 1. The molecule has 1 heterocycles. The molecule has 0 bridgehead atoms. The van der Waals surface area contributed by atoms with Crippen LogP contribution in [0, 0.1) is 6.92 Å². The molecule has 1 unspecified atom stereocenters. The maximum atomic E-state index is 10.9. The molecule has 0 saturated heterocycles. The van der Waals surface area contributed by atoms with E-state index in [0.717, 1.165) is 11.3 Å². The molecule has 0 spiro atoms. The highest BCUT2D eigenvalue weighted by molar-refractivity contribution is 7.81. The summed E-state index contributed by atoms with van der Waals surface area (Å²) in [6.07, 6.45) is 0. The Morgan fingerprint density at radius 1 is 1.69 bits per heavy atom. The van der Waals surface area contributed by atoms with Crippen molar-refractivity contribution < 1.29 is 13.6 Å². The summed E-state index contributed by atoms with van der Waals surface area (Å²) in [5, 5.41) is 3.46. The summed E-state index contributed by atoms with van der Waals surface area (Å²) in [6.45, 7) is 5.14. The molecule has 0 saturated carbocycles. The summed E-state index contributed by atoms with van der Waals surface area (Å²) in [5.74, 6) is -0.230. The lowest BCUT2D eigenvalue weighted by molar-refractivity contribution is -0.114. The summed E-state index contributed by atoms with van der Waals surface area (Å²) in [6, 6.07) is 0. The second-order valence-electron chi connectivity index (χ2n) is 3.00. The molecule has 0 aliphatic carbocycles. The van der Waals surface area contributed by atoms with E-state index in [-0.39, 0.29) is 5.91 Å². The Morgan fingerprint density at radius 3 is 2.75 bits per heavy atom. The Hall–Kier alpha value is -0.990. The van der Waals surface area contributed by atoms with E-state index in [1.54, 1.807) is 13.8 Å². The normalized spacial score (nSPS) is 12.2. The van der Waals surface area contributed by atoms with Crippen LogP contribution in [0.3, 0.4) is 0 Å². The van der Waals surface area contributed by atoms with Crippen molar-refractivity contribution in [1.29, 1.82) is 0 Å². The number of thiazole rings is 1. The molecule has 16 heavy (non-hydrogen) atoms. The predicted octanol–water partition coefficient (Wildman–Crippen LogP) is 1.03. The van der Waals surface area contributed by atoms with Gasteiger partial charge in [-0.15, -0.1) is 0 Å². The zero-order valence-electron chi connectivity index (χ0n) is 9.14. The van der Waals surface area contributed by atoms with Crippen molar-refractivity contribution in [1.82, 2.24) is 4.98 Å². The molecule has 1 amide bonds. The maximum absolute atomic E-state index is 10.9. The van der Waals surface area contributed by atoms with E-state index in [9.17, 15) is 13.6 Å². The lowest BCUT2D eigenvalue weighted by Gasteiger charge is -2.22. The number of anilines is 2. The summed E-state index contributed by atoms with van der Waals surface area (Å²) >= 11 is -1.18. The molecule has 90 valence electrons. The lowest BCUT2D eigenvalue weighted by atomic mass is 10.5. The standard InChI is InChI=1S/C8H13N3O3S2/c1-4-11(16(13)14)7-5(2)9-8(15-7)10-6(3)12/h4H2,1-3H3,(H,13,14)(H,9,10,12)/p-1. The van der Waals surface area contributed by atoms with Crippen molar-refractivity contribution in [2.75, 3.05) is 16.2 Å². The average molecular weight is 262 g/mol. The number of aromatic nitrogens is 1. The van der Waals surface area contributed by atoms with E-state index >= 15 is 0 Å². The lowest BCUT2D eigenvalue weighted by Crippen LogP contribution is -2.24. The molecule has 0 aliphatic heterocycles. The Kier molecular flexibility index (Phi) is 4.39. The van der Waals surface area contributed by atoms with Crippen LogP contribution in [0.4, 0.5) is 10.1 Å². The van der Waals surface area contributed by atoms with Crippen LogP contribution in [0.15, 0.2) is 0 Å². The Balaban J connectivity index is 3.00. The largest absolute Gasteiger partial charge is 0.755 e. The van der Waals surface area contributed by atoms with Crippen molar-refractivity contribution in [3.05, 3.63) is 5.69 Å². The van der Waals surface area contributed by atoms with E-state index in [1.165, 1.54) is 11.2 Å². The van der Waals surface area contributed by atoms with Gasteiger partial charge in [0.2, 0.25) is 5.91 Å². The van der Waals surface area contributed by atoms with Crippen LogP contribution in [0.1, 0.15) is 19.5 Å². The first-order chi connectivity index (χ1) is 7.45. The molecular weight excluding hydrogens is 250 g/mol. The van der Waals surface area contributed by atoms with Crippen LogP contribution in [0.2, 0.25) is 0 Å². The van der Waals surface area contributed by atoms with E-state index in [4.69, 9.17) is 0 Å². The third-order valence-electron chi connectivity index (χ3n) is 1.75. The third kappa shape index (κ3) is 3.00. The minimum atomic E-state index is -2.32. The van der Waals surface area contributed by atoms with Crippen molar-refractivity contribution in [3.8, 4) is 0 Å². The molecular formula is C8H12N3O3S2-. The summed E-state index contributed by atoms with van der Waals surface area (Å²) < 4.78 is 23.1. The van der Waals surface area contributed by atoms with E-state index in [0.29, 0.717) is 22.4 Å². The van der Waals surface area contributed by atoms with Gasteiger partial charge < -0.3 is 9.87 Å². The van der Waals surface area contributed by atoms with Crippen molar-refractivity contribution >= 4 is 38.6 Å². The number of carbonyl (C=O) groups excluding carboxylic acids is 1. The number of rotatable bonds is 4. The van der Waals surface area contributed by atoms with Gasteiger partial charge in [-0.05, 0) is 13.8 Å². The molecule has 1 aromatic heterocycles. The number of nitrogens with one attached hydrogen (secondary N) is 1. The van der Waals surface area contributed by atoms with Gasteiger partial charge in [-0.3, -0.25) is 13.3 Å². The molecule has 1 aromatic rings. The highest BCUT2D eigenvalue weighted by Gasteiger charge is 2.14. The average Bonchev–Trinajstić information content (AvgIpc) is 2.46. The topological polar surface area (TPSA) is 85.4 Å². The highest BCUT2D eigenvalue weighted by Crippen LogP contribution is 2.31. The van der Waals surface area contributed by atoms with E-state index < -0.39 is 11.3 Å². The molecule has 0 radical (unpaired) electrons. The summed E-state index contributed by atoms with van der Waals surface area (Å²) in [4.78, 5) is 14.9. The van der Waals surface area contributed by atoms with Gasteiger partial charge in [0.05, 0.1) is 5.69 Å². The molecule has 1 rings (SSSR count). The van der Waals surface area contributed by atoms with Crippen molar-refractivity contribution in [3.63, 3.8) is 0 Å². The minimum Gasteiger partial charge on any atom is -0.755 e. The van der Waals surface area contributed by atoms with Gasteiger partial charge in [0.25, 0.3) is 0 Å². The Labute approximate surface area is 100 Å². The number of hydrogen-bond acceptors (Lipinski definition) is 5. The van der Waals surface area contributed by atoms with Crippen LogP contribution in [0.5, 0.6) is 0 Å². The monoisotopic (exact) mass is 262 g/mol. The first-order valence-electron chi connectivity index (χ1n) is 4.57. The first kappa shape index (κ1) is 13.1. The van der Waals surface area contributed by atoms with Gasteiger partial charge in [0.1, 0.15) is 5.00 Å².